The Morgan fingerprint density at radius 2 is 1.51 bits per heavy atom. The molecule has 0 N–H and O–H groups in total. The van der Waals surface area contributed by atoms with E-state index in [1.54, 1.807) is 18.6 Å². The molecule has 2 amide bonds. The third-order valence-electron chi connectivity index (χ3n) is 9.56. The predicted molar refractivity (Wildman–Crippen MR) is 152 cm³/mol. The average molecular weight is 525 g/mol. The zero-order valence-electron chi connectivity index (χ0n) is 22.9. The van der Waals surface area contributed by atoms with Crippen molar-refractivity contribution >= 4 is 39.3 Å². The van der Waals surface area contributed by atoms with Crippen LogP contribution in [-0.4, -0.2) is 65.8 Å². The molecule has 0 radical (unpaired) electrons. The molecule has 0 spiro atoms. The van der Waals surface area contributed by atoms with Crippen LogP contribution in [-0.2, 0) is 9.59 Å². The molecule has 4 aliphatic rings. The Balaban J connectivity index is 0.000000164. The molecule has 2 aliphatic heterocycles. The van der Waals surface area contributed by atoms with Gasteiger partial charge in [-0.15, -0.1) is 0 Å². The summed E-state index contributed by atoms with van der Waals surface area (Å²) in [6.45, 7) is 10.2. The molecule has 3 heterocycles. The topological polar surface area (TPSA) is 56.8 Å². The van der Waals surface area contributed by atoms with Crippen LogP contribution < -0.4 is 4.90 Å². The first-order valence-corrected chi connectivity index (χ1v) is 15.4. The second-order valence-corrected chi connectivity index (χ2v) is 12.5. The first kappa shape index (κ1) is 26.6. The molecule has 4 atom stereocenters. The summed E-state index contributed by atoms with van der Waals surface area (Å²) in [4.78, 5) is 30.4. The van der Waals surface area contributed by atoms with Gasteiger partial charge in [0.05, 0.1) is 16.5 Å². The summed E-state index contributed by atoms with van der Waals surface area (Å²) in [5.74, 6) is 3.15. The third kappa shape index (κ3) is 5.44. The zero-order chi connectivity index (χ0) is 25.9. The first-order valence-electron chi connectivity index (χ1n) is 14.6. The lowest BCUT2D eigenvalue weighted by atomic mass is 9.88. The van der Waals surface area contributed by atoms with Crippen molar-refractivity contribution in [1.82, 2.24) is 14.2 Å². The third-order valence-corrected chi connectivity index (χ3v) is 10.4. The molecule has 2 aromatic rings. The van der Waals surface area contributed by atoms with Gasteiger partial charge in [-0.25, -0.2) is 0 Å². The lowest BCUT2D eigenvalue weighted by molar-refractivity contribution is -0.139. The van der Waals surface area contributed by atoms with Gasteiger partial charge >= 0.3 is 0 Å². The molecule has 37 heavy (non-hydrogen) atoms. The van der Waals surface area contributed by atoms with E-state index in [1.165, 1.54) is 72.5 Å². The fourth-order valence-electron chi connectivity index (χ4n) is 7.35. The molecular weight excluding hydrogens is 480 g/mol. The molecule has 4 fully saturated rings. The van der Waals surface area contributed by atoms with Crippen molar-refractivity contribution in [2.75, 3.05) is 44.7 Å². The molecule has 202 valence electrons. The van der Waals surface area contributed by atoms with Crippen LogP contribution in [0.5, 0.6) is 0 Å². The second kappa shape index (κ2) is 11.8. The number of carbonyl (C=O) groups is 2. The van der Waals surface area contributed by atoms with Gasteiger partial charge in [-0.05, 0) is 60.7 Å². The Bertz CT molecular complexity index is 1040. The van der Waals surface area contributed by atoms with Gasteiger partial charge in [0, 0.05) is 45.2 Å². The van der Waals surface area contributed by atoms with Crippen molar-refractivity contribution in [1.29, 1.82) is 0 Å². The van der Waals surface area contributed by atoms with Crippen molar-refractivity contribution in [3.05, 3.63) is 24.3 Å². The second-order valence-electron chi connectivity index (χ2n) is 11.7. The number of nitrogens with zero attached hydrogens (tertiary/aromatic N) is 4. The monoisotopic (exact) mass is 524 g/mol. The van der Waals surface area contributed by atoms with Crippen LogP contribution >= 0.6 is 11.5 Å². The summed E-state index contributed by atoms with van der Waals surface area (Å²) in [6.07, 6.45) is 10.4. The van der Waals surface area contributed by atoms with Crippen LogP contribution in [0, 0.1) is 29.6 Å². The summed E-state index contributed by atoms with van der Waals surface area (Å²) >= 11 is 1.63. The Kier molecular flexibility index (Phi) is 8.50. The van der Waals surface area contributed by atoms with Crippen LogP contribution in [0.1, 0.15) is 65.2 Å². The van der Waals surface area contributed by atoms with Crippen molar-refractivity contribution in [3.63, 3.8) is 0 Å². The number of fused-ring (bicyclic) bond motifs is 2. The molecule has 0 bridgehead atoms. The van der Waals surface area contributed by atoms with Crippen LogP contribution in [0.25, 0.3) is 10.1 Å². The van der Waals surface area contributed by atoms with Gasteiger partial charge in [0.1, 0.15) is 5.82 Å². The van der Waals surface area contributed by atoms with E-state index in [1.807, 2.05) is 0 Å². The van der Waals surface area contributed by atoms with Crippen molar-refractivity contribution < 1.29 is 9.59 Å². The highest BCUT2D eigenvalue weighted by Gasteiger charge is 2.56. The minimum Gasteiger partial charge on any atom is -0.353 e. The van der Waals surface area contributed by atoms with E-state index in [-0.39, 0.29) is 23.7 Å². The highest BCUT2D eigenvalue weighted by atomic mass is 32.1. The van der Waals surface area contributed by atoms with E-state index >= 15 is 0 Å². The molecule has 7 heteroatoms. The molecule has 1 aromatic carbocycles. The summed E-state index contributed by atoms with van der Waals surface area (Å²) in [5, 5.41) is 1.33. The maximum atomic E-state index is 11.9. The fourth-order valence-corrected chi connectivity index (χ4v) is 8.15. The fraction of sp³-hybridized carbons (Fsp3) is 0.700. The number of rotatable bonds is 5. The maximum absolute atomic E-state index is 11.9. The largest absolute Gasteiger partial charge is 0.353 e. The number of hydrogen-bond acceptors (Lipinski definition) is 6. The van der Waals surface area contributed by atoms with Gasteiger partial charge < -0.3 is 4.90 Å². The number of imide groups is 1. The lowest BCUT2D eigenvalue weighted by Crippen LogP contribution is -2.48. The van der Waals surface area contributed by atoms with Gasteiger partial charge in [-0.3, -0.25) is 19.4 Å². The minimum absolute atomic E-state index is 0.00236. The highest BCUT2D eigenvalue weighted by molar-refractivity contribution is 7.13. The van der Waals surface area contributed by atoms with E-state index in [0.717, 1.165) is 38.3 Å². The van der Waals surface area contributed by atoms with Crippen molar-refractivity contribution in [3.8, 4) is 0 Å². The summed E-state index contributed by atoms with van der Waals surface area (Å²) < 4.78 is 6.02. The number of likely N-dealkylation sites (tertiary alicyclic amines) is 1. The molecule has 3 unspecified atom stereocenters. The highest BCUT2D eigenvalue weighted by Crippen LogP contribution is 2.49. The number of benzene rings is 1. The van der Waals surface area contributed by atoms with E-state index in [4.69, 9.17) is 4.37 Å². The average Bonchev–Trinajstić information content (AvgIpc) is 3.60. The SMILES string of the molecule is CCC1C[C@@H](CC)C2C(=O)N(C)C(=O)C12.c1ccc2c(N3CCN(CC4CCCCC4)CC3)nsc2c1. The molecule has 2 aliphatic carbocycles. The van der Waals surface area contributed by atoms with Gasteiger partial charge in [0.25, 0.3) is 0 Å². The lowest BCUT2D eigenvalue weighted by Gasteiger charge is -2.37. The predicted octanol–water partition coefficient (Wildman–Crippen LogP) is 5.67. The Hall–Kier alpha value is -1.99. The van der Waals surface area contributed by atoms with Crippen LogP contribution in [0.4, 0.5) is 5.82 Å². The number of piperazine rings is 1. The number of aromatic nitrogens is 1. The number of amides is 2. The normalized spacial score (nSPS) is 29.1. The number of hydrogen-bond donors (Lipinski definition) is 0. The number of anilines is 1. The minimum atomic E-state index is -0.00236. The zero-order valence-corrected chi connectivity index (χ0v) is 23.7. The van der Waals surface area contributed by atoms with E-state index in [2.05, 4.69) is 47.9 Å². The van der Waals surface area contributed by atoms with Crippen LogP contribution in [0.3, 0.4) is 0 Å². The smallest absolute Gasteiger partial charge is 0.233 e. The van der Waals surface area contributed by atoms with Gasteiger partial charge in [-0.1, -0.05) is 58.1 Å². The standard InChI is InChI=1S/C18H25N3S.C12H19NO2/c1-2-6-15(7-3-1)14-20-10-12-21(13-11-20)18-16-8-4-5-9-17(16)22-19-18;1-4-7-6-8(5-2)10-9(7)11(14)13(3)12(10)15/h4-5,8-9,15H,1-3,6-7,10-14H2;7-10H,4-6H2,1-3H3/t;7-,8?,9?,10?/m.1/s1. The van der Waals surface area contributed by atoms with Crippen molar-refractivity contribution in [2.24, 2.45) is 29.6 Å². The molecular formula is C30H44N4O2S. The Labute approximate surface area is 226 Å². The summed E-state index contributed by atoms with van der Waals surface area (Å²) in [6, 6.07) is 8.62. The molecule has 2 saturated carbocycles. The number of carbonyl (C=O) groups excluding carboxylic acids is 2. The molecule has 6 rings (SSSR count). The molecule has 2 saturated heterocycles. The van der Waals surface area contributed by atoms with Gasteiger partial charge in [0.2, 0.25) is 11.8 Å². The van der Waals surface area contributed by atoms with E-state index < -0.39 is 0 Å². The maximum Gasteiger partial charge on any atom is 0.233 e. The quantitative estimate of drug-likeness (QED) is 0.472. The van der Waals surface area contributed by atoms with Crippen LogP contribution in [0.2, 0.25) is 0 Å². The Morgan fingerprint density at radius 1 is 0.892 bits per heavy atom. The van der Waals surface area contributed by atoms with Gasteiger partial charge in [-0.2, -0.15) is 4.37 Å². The Morgan fingerprint density at radius 3 is 2.14 bits per heavy atom. The first-order chi connectivity index (χ1) is 18.0. The van der Waals surface area contributed by atoms with Crippen LogP contribution in [0.15, 0.2) is 24.3 Å². The molecule has 6 nitrogen and oxygen atoms in total. The van der Waals surface area contributed by atoms with E-state index in [9.17, 15) is 9.59 Å². The van der Waals surface area contributed by atoms with E-state index in [0.29, 0.717) is 11.8 Å². The van der Waals surface area contributed by atoms with Crippen molar-refractivity contribution in [2.45, 2.75) is 65.2 Å². The van der Waals surface area contributed by atoms with Gasteiger partial charge in [0.15, 0.2) is 0 Å². The summed E-state index contributed by atoms with van der Waals surface area (Å²) in [5.41, 5.74) is 0. The molecule has 1 aromatic heterocycles. The summed E-state index contributed by atoms with van der Waals surface area (Å²) in [7, 11) is 1.63.